The topological polar surface area (TPSA) is 27.6 Å². The van der Waals surface area contributed by atoms with Gasteiger partial charge in [-0.15, -0.1) is 0 Å². The Kier molecular flexibility index (Phi) is 2.14. The lowest BCUT2D eigenvalue weighted by atomic mass is 10.2. The SMILES string of the molecule is CCN1CNN=C1C(C)C. The van der Waals surface area contributed by atoms with E-state index >= 15 is 0 Å². The molecule has 0 saturated heterocycles. The van der Waals surface area contributed by atoms with Crippen LogP contribution in [0.1, 0.15) is 20.8 Å². The molecule has 0 aromatic heterocycles. The van der Waals surface area contributed by atoms with Gasteiger partial charge in [0.2, 0.25) is 0 Å². The van der Waals surface area contributed by atoms with Gasteiger partial charge in [0.25, 0.3) is 0 Å². The molecule has 10 heavy (non-hydrogen) atoms. The molecular weight excluding hydrogens is 126 g/mol. The first kappa shape index (κ1) is 7.38. The molecule has 0 unspecified atom stereocenters. The van der Waals surface area contributed by atoms with E-state index < -0.39 is 0 Å². The van der Waals surface area contributed by atoms with Crippen LogP contribution in [0.15, 0.2) is 5.10 Å². The molecule has 1 rings (SSSR count). The lowest BCUT2D eigenvalue weighted by Crippen LogP contribution is -2.31. The summed E-state index contributed by atoms with van der Waals surface area (Å²) in [5.41, 5.74) is 2.97. The molecule has 1 aliphatic rings. The Morgan fingerprint density at radius 2 is 2.40 bits per heavy atom. The smallest absolute Gasteiger partial charge is 0.128 e. The van der Waals surface area contributed by atoms with E-state index in [1.54, 1.807) is 0 Å². The van der Waals surface area contributed by atoms with E-state index in [1.807, 2.05) is 0 Å². The molecule has 0 bridgehead atoms. The van der Waals surface area contributed by atoms with Crippen molar-refractivity contribution >= 4 is 5.84 Å². The van der Waals surface area contributed by atoms with Gasteiger partial charge in [0.15, 0.2) is 0 Å². The fraction of sp³-hybridized carbons (Fsp3) is 0.857. The molecule has 0 spiro atoms. The number of amidine groups is 1. The van der Waals surface area contributed by atoms with Gasteiger partial charge < -0.3 is 4.90 Å². The zero-order valence-electron chi connectivity index (χ0n) is 6.89. The van der Waals surface area contributed by atoms with Crippen molar-refractivity contribution in [2.45, 2.75) is 20.8 Å². The fourth-order valence-corrected chi connectivity index (χ4v) is 1.12. The maximum absolute atomic E-state index is 4.18. The molecule has 0 aromatic rings. The van der Waals surface area contributed by atoms with Gasteiger partial charge in [0.1, 0.15) is 12.5 Å². The summed E-state index contributed by atoms with van der Waals surface area (Å²) >= 11 is 0. The fourth-order valence-electron chi connectivity index (χ4n) is 1.12. The van der Waals surface area contributed by atoms with Gasteiger partial charge in [-0.2, -0.15) is 5.10 Å². The van der Waals surface area contributed by atoms with Gasteiger partial charge in [-0.05, 0) is 6.92 Å². The Bertz CT molecular complexity index is 140. The average Bonchev–Trinajstić information content (AvgIpc) is 2.33. The summed E-state index contributed by atoms with van der Waals surface area (Å²) in [6.45, 7) is 8.39. The highest BCUT2D eigenvalue weighted by Gasteiger charge is 2.16. The third-order valence-corrected chi connectivity index (χ3v) is 1.68. The largest absolute Gasteiger partial charge is 0.340 e. The van der Waals surface area contributed by atoms with Crippen LogP contribution in [-0.2, 0) is 0 Å². The van der Waals surface area contributed by atoms with Crippen LogP contribution in [0.5, 0.6) is 0 Å². The third kappa shape index (κ3) is 1.23. The Morgan fingerprint density at radius 1 is 1.70 bits per heavy atom. The van der Waals surface area contributed by atoms with E-state index in [0.29, 0.717) is 5.92 Å². The van der Waals surface area contributed by atoms with Crippen LogP contribution < -0.4 is 5.43 Å². The molecule has 0 saturated carbocycles. The summed E-state index contributed by atoms with van der Waals surface area (Å²) < 4.78 is 0. The highest BCUT2D eigenvalue weighted by Crippen LogP contribution is 2.05. The van der Waals surface area contributed by atoms with Crippen molar-refractivity contribution in [2.75, 3.05) is 13.2 Å². The van der Waals surface area contributed by atoms with E-state index in [2.05, 4.69) is 36.2 Å². The summed E-state index contributed by atoms with van der Waals surface area (Å²) in [5, 5.41) is 4.18. The molecule has 58 valence electrons. The Balaban J connectivity index is 2.56. The van der Waals surface area contributed by atoms with Gasteiger partial charge in [0.05, 0.1) is 0 Å². The predicted molar refractivity (Wildman–Crippen MR) is 42.7 cm³/mol. The molecule has 0 aromatic carbocycles. The molecule has 1 aliphatic heterocycles. The van der Waals surface area contributed by atoms with Crippen LogP contribution in [-0.4, -0.2) is 23.9 Å². The van der Waals surface area contributed by atoms with Gasteiger partial charge in [-0.1, -0.05) is 13.8 Å². The average molecular weight is 141 g/mol. The molecule has 0 atom stereocenters. The number of hydrogen-bond donors (Lipinski definition) is 1. The van der Waals surface area contributed by atoms with Crippen molar-refractivity contribution in [1.82, 2.24) is 10.3 Å². The monoisotopic (exact) mass is 141 g/mol. The molecule has 1 N–H and O–H groups in total. The Labute approximate surface area is 62.1 Å². The van der Waals surface area contributed by atoms with E-state index in [1.165, 1.54) is 5.84 Å². The van der Waals surface area contributed by atoms with Crippen LogP contribution in [0.25, 0.3) is 0 Å². The van der Waals surface area contributed by atoms with Crippen LogP contribution in [0.3, 0.4) is 0 Å². The molecule has 0 fully saturated rings. The maximum Gasteiger partial charge on any atom is 0.128 e. The highest BCUT2D eigenvalue weighted by atomic mass is 15.5. The van der Waals surface area contributed by atoms with Crippen molar-refractivity contribution in [3.63, 3.8) is 0 Å². The standard InChI is InChI=1S/C7H15N3/c1-4-10-5-8-9-7(10)6(2)3/h6,8H,4-5H2,1-3H3. The molecule has 0 amide bonds. The predicted octanol–water partition coefficient (Wildman–Crippen LogP) is 0.838. The van der Waals surface area contributed by atoms with Crippen molar-refractivity contribution in [3.05, 3.63) is 0 Å². The minimum Gasteiger partial charge on any atom is -0.340 e. The van der Waals surface area contributed by atoms with Crippen molar-refractivity contribution in [2.24, 2.45) is 11.0 Å². The van der Waals surface area contributed by atoms with Crippen LogP contribution >= 0.6 is 0 Å². The van der Waals surface area contributed by atoms with Crippen LogP contribution in [0.2, 0.25) is 0 Å². The number of hydrogen-bond acceptors (Lipinski definition) is 3. The lowest BCUT2D eigenvalue weighted by molar-refractivity contribution is 0.432. The van der Waals surface area contributed by atoms with Gasteiger partial charge >= 0.3 is 0 Å². The first-order chi connectivity index (χ1) is 4.75. The van der Waals surface area contributed by atoms with E-state index in [4.69, 9.17) is 0 Å². The molecule has 3 nitrogen and oxygen atoms in total. The highest BCUT2D eigenvalue weighted by molar-refractivity contribution is 5.84. The zero-order chi connectivity index (χ0) is 7.56. The summed E-state index contributed by atoms with van der Waals surface area (Å²) in [5.74, 6) is 1.72. The number of nitrogens with zero attached hydrogens (tertiary/aromatic N) is 2. The number of nitrogens with one attached hydrogen (secondary N) is 1. The first-order valence-corrected chi connectivity index (χ1v) is 3.81. The van der Waals surface area contributed by atoms with E-state index in [0.717, 1.165) is 13.2 Å². The third-order valence-electron chi connectivity index (χ3n) is 1.68. The second-order valence-corrected chi connectivity index (χ2v) is 2.80. The number of rotatable bonds is 2. The first-order valence-electron chi connectivity index (χ1n) is 3.81. The van der Waals surface area contributed by atoms with Gasteiger partial charge in [0, 0.05) is 12.5 Å². The van der Waals surface area contributed by atoms with Gasteiger partial charge in [-0.3, -0.25) is 5.43 Å². The molecule has 0 radical (unpaired) electrons. The Hall–Kier alpha value is -0.730. The molecular formula is C7H15N3. The van der Waals surface area contributed by atoms with Crippen molar-refractivity contribution < 1.29 is 0 Å². The molecule has 0 aliphatic carbocycles. The lowest BCUT2D eigenvalue weighted by Gasteiger charge is -2.18. The van der Waals surface area contributed by atoms with Gasteiger partial charge in [-0.25, -0.2) is 0 Å². The minimum absolute atomic E-state index is 0.537. The van der Waals surface area contributed by atoms with Crippen LogP contribution in [0.4, 0.5) is 0 Å². The second kappa shape index (κ2) is 2.90. The van der Waals surface area contributed by atoms with E-state index in [9.17, 15) is 0 Å². The zero-order valence-corrected chi connectivity index (χ0v) is 6.89. The maximum atomic E-state index is 4.18. The van der Waals surface area contributed by atoms with Crippen molar-refractivity contribution in [1.29, 1.82) is 0 Å². The second-order valence-electron chi connectivity index (χ2n) is 2.80. The normalized spacial score (nSPS) is 17.6. The quantitative estimate of drug-likeness (QED) is 0.617. The van der Waals surface area contributed by atoms with Crippen LogP contribution in [0, 0.1) is 5.92 Å². The van der Waals surface area contributed by atoms with E-state index in [-0.39, 0.29) is 0 Å². The van der Waals surface area contributed by atoms with Crippen molar-refractivity contribution in [3.8, 4) is 0 Å². The summed E-state index contributed by atoms with van der Waals surface area (Å²) in [6, 6.07) is 0. The summed E-state index contributed by atoms with van der Waals surface area (Å²) in [4.78, 5) is 2.24. The summed E-state index contributed by atoms with van der Waals surface area (Å²) in [7, 11) is 0. The minimum atomic E-state index is 0.537. The number of hydrazone groups is 1. The summed E-state index contributed by atoms with van der Waals surface area (Å²) in [6.07, 6.45) is 0. The molecule has 3 heteroatoms. The molecule has 1 heterocycles. The Morgan fingerprint density at radius 3 is 2.80 bits per heavy atom.